The van der Waals surface area contributed by atoms with Crippen LogP contribution < -0.4 is 9.47 Å². The quantitative estimate of drug-likeness (QED) is 0.127. The topological polar surface area (TPSA) is 115 Å². The molecule has 2 heterocycles. The number of hydrogen-bond donors (Lipinski definition) is 1. The van der Waals surface area contributed by atoms with E-state index in [1.807, 2.05) is 0 Å². The highest BCUT2D eigenvalue weighted by Gasteiger charge is 2.43. The van der Waals surface area contributed by atoms with Crippen LogP contribution in [-0.4, -0.2) is 49.4 Å². The van der Waals surface area contributed by atoms with Crippen molar-refractivity contribution in [3.05, 3.63) is 66.6 Å². The van der Waals surface area contributed by atoms with E-state index in [9.17, 15) is 30.4 Å². The standard InChI is InChI=1S/C28H19ClF5N3O5S/c1-14-37-24(17-7-9-22-23(12-17)42-28(33,34)41-22)25(40-14)19-11-16(15-4-3-5-18(10-15)43(2,38)39)6-8-21(19)36-13-20(29)26(35)27(30,31)32/h3-13,20,35H,1-2H3. The Labute approximate surface area is 246 Å². The lowest BCUT2D eigenvalue weighted by Crippen LogP contribution is -2.31. The molecule has 5 rings (SSSR count). The monoisotopic (exact) mass is 639 g/mol. The van der Waals surface area contributed by atoms with Crippen molar-refractivity contribution in [2.75, 3.05) is 6.26 Å². The maximum atomic E-state index is 13.6. The van der Waals surface area contributed by atoms with Gasteiger partial charge in [0.2, 0.25) is 0 Å². The van der Waals surface area contributed by atoms with Gasteiger partial charge in [0.1, 0.15) is 16.8 Å². The molecule has 0 bridgehead atoms. The minimum atomic E-state index is -4.97. The molecule has 15 heteroatoms. The lowest BCUT2D eigenvalue weighted by atomic mass is 9.98. The van der Waals surface area contributed by atoms with Crippen molar-refractivity contribution in [1.82, 2.24) is 4.98 Å². The third-order valence-electron chi connectivity index (χ3n) is 6.17. The van der Waals surface area contributed by atoms with Crippen molar-refractivity contribution < 1.29 is 44.3 Å². The van der Waals surface area contributed by atoms with Crippen LogP contribution in [0.3, 0.4) is 0 Å². The average molecular weight is 640 g/mol. The highest BCUT2D eigenvalue weighted by molar-refractivity contribution is 7.90. The van der Waals surface area contributed by atoms with E-state index in [2.05, 4.69) is 19.5 Å². The van der Waals surface area contributed by atoms with Gasteiger partial charge >= 0.3 is 12.5 Å². The number of nitrogens with one attached hydrogen (secondary N) is 1. The Hall–Kier alpha value is -4.30. The molecule has 0 aliphatic carbocycles. The van der Waals surface area contributed by atoms with Crippen LogP contribution in [0.2, 0.25) is 0 Å². The first kappa shape index (κ1) is 30.2. The fourth-order valence-corrected chi connectivity index (χ4v) is 5.04. The van der Waals surface area contributed by atoms with Crippen LogP contribution >= 0.6 is 11.6 Å². The van der Waals surface area contributed by atoms with Gasteiger partial charge in [-0.15, -0.1) is 20.4 Å². The van der Waals surface area contributed by atoms with E-state index < -0.39 is 33.4 Å². The number of aryl methyl sites for hydroxylation is 1. The molecule has 1 unspecified atom stereocenters. The second-order valence-corrected chi connectivity index (χ2v) is 11.8. The van der Waals surface area contributed by atoms with E-state index in [0.29, 0.717) is 11.1 Å². The van der Waals surface area contributed by atoms with Gasteiger partial charge in [-0.05, 0) is 53.6 Å². The molecule has 0 fully saturated rings. The Morgan fingerprint density at radius 2 is 1.70 bits per heavy atom. The van der Waals surface area contributed by atoms with Gasteiger partial charge in [-0.2, -0.15) is 13.2 Å². The second-order valence-electron chi connectivity index (χ2n) is 9.36. The summed E-state index contributed by atoms with van der Waals surface area (Å²) in [6.45, 7) is 1.52. The van der Waals surface area contributed by atoms with Gasteiger partial charge in [0.25, 0.3) is 0 Å². The molecule has 0 radical (unpaired) electrons. The molecule has 1 atom stereocenters. The number of aromatic nitrogens is 1. The van der Waals surface area contributed by atoms with E-state index in [-0.39, 0.29) is 50.6 Å². The molecule has 3 aromatic carbocycles. The Kier molecular flexibility index (Phi) is 7.55. The number of benzene rings is 3. The normalized spacial score (nSPS) is 15.2. The van der Waals surface area contributed by atoms with Crippen LogP contribution in [0, 0.1) is 12.3 Å². The van der Waals surface area contributed by atoms with Crippen LogP contribution in [0.25, 0.3) is 33.7 Å². The predicted molar refractivity (Wildman–Crippen MR) is 148 cm³/mol. The molecule has 8 nitrogen and oxygen atoms in total. The summed E-state index contributed by atoms with van der Waals surface area (Å²) in [5.74, 6) is -0.238. The summed E-state index contributed by atoms with van der Waals surface area (Å²) >= 11 is 5.79. The third kappa shape index (κ3) is 6.39. The Balaban J connectivity index is 1.66. The van der Waals surface area contributed by atoms with E-state index >= 15 is 0 Å². The number of alkyl halides is 6. The zero-order valence-electron chi connectivity index (χ0n) is 22.0. The van der Waals surface area contributed by atoms with Crippen LogP contribution in [-0.2, 0) is 9.84 Å². The molecular formula is C28H19ClF5N3O5S. The maximum Gasteiger partial charge on any atom is 0.586 e. The van der Waals surface area contributed by atoms with E-state index in [1.165, 1.54) is 43.3 Å². The average Bonchev–Trinajstić information content (AvgIpc) is 3.47. The molecule has 0 spiro atoms. The highest BCUT2D eigenvalue weighted by atomic mass is 35.5. The molecule has 1 N–H and O–H groups in total. The number of rotatable bonds is 7. The first-order chi connectivity index (χ1) is 20.0. The second kappa shape index (κ2) is 10.8. The van der Waals surface area contributed by atoms with Crippen molar-refractivity contribution >= 4 is 39.1 Å². The van der Waals surface area contributed by atoms with Crippen molar-refractivity contribution in [3.63, 3.8) is 0 Å². The van der Waals surface area contributed by atoms with Crippen molar-refractivity contribution in [2.45, 2.75) is 29.7 Å². The summed E-state index contributed by atoms with van der Waals surface area (Å²) in [5.41, 5.74) is -0.0644. The Bertz CT molecular complexity index is 1890. The van der Waals surface area contributed by atoms with E-state index in [1.54, 1.807) is 24.3 Å². The van der Waals surface area contributed by atoms with Crippen LogP contribution in [0.15, 0.2) is 75.0 Å². The number of fused-ring (bicyclic) bond motifs is 1. The Morgan fingerprint density at radius 3 is 2.40 bits per heavy atom. The van der Waals surface area contributed by atoms with E-state index in [0.717, 1.165) is 12.5 Å². The molecule has 1 aliphatic rings. The number of oxazole rings is 1. The molecule has 1 aromatic heterocycles. The fourth-order valence-electron chi connectivity index (χ4n) is 4.19. The third-order valence-corrected chi connectivity index (χ3v) is 7.61. The van der Waals surface area contributed by atoms with Gasteiger partial charge in [0.15, 0.2) is 33.0 Å². The molecular weight excluding hydrogens is 621 g/mol. The molecule has 0 saturated heterocycles. The van der Waals surface area contributed by atoms with Gasteiger partial charge in [0.05, 0.1) is 10.6 Å². The minimum Gasteiger partial charge on any atom is -0.440 e. The summed E-state index contributed by atoms with van der Waals surface area (Å²) in [5, 5.41) is 5.37. The highest BCUT2D eigenvalue weighted by Crippen LogP contribution is 2.45. The van der Waals surface area contributed by atoms with Crippen LogP contribution in [0.4, 0.5) is 27.6 Å². The Morgan fingerprint density at radius 1 is 1.02 bits per heavy atom. The smallest absolute Gasteiger partial charge is 0.440 e. The number of aliphatic imine (C=N–C) groups is 1. The number of halogens is 6. The van der Waals surface area contributed by atoms with Crippen molar-refractivity contribution in [3.8, 4) is 45.2 Å². The van der Waals surface area contributed by atoms with Crippen molar-refractivity contribution in [1.29, 1.82) is 5.41 Å². The lowest BCUT2D eigenvalue weighted by molar-refractivity contribution is -0.286. The first-order valence-electron chi connectivity index (χ1n) is 12.2. The minimum absolute atomic E-state index is 0.0534. The summed E-state index contributed by atoms with van der Waals surface area (Å²) in [7, 11) is -3.55. The zero-order valence-corrected chi connectivity index (χ0v) is 23.6. The van der Waals surface area contributed by atoms with Crippen LogP contribution in [0.1, 0.15) is 5.89 Å². The number of hydrogen-bond acceptors (Lipinski definition) is 8. The summed E-state index contributed by atoms with van der Waals surface area (Å²) in [6, 6.07) is 14.6. The van der Waals surface area contributed by atoms with Gasteiger partial charge in [0, 0.05) is 30.5 Å². The number of nitrogens with zero attached hydrogens (tertiary/aromatic N) is 2. The van der Waals surface area contributed by atoms with Gasteiger partial charge in [-0.1, -0.05) is 18.2 Å². The number of ether oxygens (including phenoxy) is 2. The largest absolute Gasteiger partial charge is 0.586 e. The lowest BCUT2D eigenvalue weighted by Gasteiger charge is -2.12. The van der Waals surface area contributed by atoms with Gasteiger partial charge < -0.3 is 13.9 Å². The maximum absolute atomic E-state index is 13.6. The first-order valence-corrected chi connectivity index (χ1v) is 14.5. The molecule has 1 aliphatic heterocycles. The van der Waals surface area contributed by atoms with Crippen molar-refractivity contribution in [2.24, 2.45) is 4.99 Å². The zero-order chi connectivity index (χ0) is 31.3. The molecule has 224 valence electrons. The SMILES string of the molecule is Cc1nc(-c2ccc3c(c2)OC(F)(F)O3)c(-c2cc(-c3cccc(S(C)(=O)=O)c3)ccc2N=CC(Cl)C(=N)C(F)(F)F)o1. The van der Waals surface area contributed by atoms with Crippen LogP contribution in [0.5, 0.6) is 11.5 Å². The summed E-state index contributed by atoms with van der Waals surface area (Å²) < 4.78 is 105. The molecule has 43 heavy (non-hydrogen) atoms. The van der Waals surface area contributed by atoms with Gasteiger partial charge in [-0.3, -0.25) is 10.4 Å². The summed E-state index contributed by atoms with van der Waals surface area (Å²) in [4.78, 5) is 8.53. The molecule has 0 saturated carbocycles. The fraction of sp³-hybridized carbons (Fsp3) is 0.179. The summed E-state index contributed by atoms with van der Waals surface area (Å²) in [6.07, 6.45) is -7.03. The molecule has 0 amide bonds. The predicted octanol–water partition coefficient (Wildman–Crippen LogP) is 7.60. The number of sulfone groups is 1. The van der Waals surface area contributed by atoms with E-state index in [4.69, 9.17) is 21.4 Å². The molecule has 4 aromatic rings. The van der Waals surface area contributed by atoms with Gasteiger partial charge in [-0.25, -0.2) is 13.4 Å².